The molecule has 0 unspecified atom stereocenters. The van der Waals surface area contributed by atoms with E-state index in [2.05, 4.69) is 22.9 Å². The highest BCUT2D eigenvalue weighted by molar-refractivity contribution is 9.09. The molecule has 108 valence electrons. The van der Waals surface area contributed by atoms with E-state index in [1.807, 2.05) is 0 Å². The van der Waals surface area contributed by atoms with E-state index in [9.17, 15) is 4.79 Å². The molecule has 0 spiro atoms. The SMILES string of the molecule is CCCCCCCCC(=O)OCCCCCCBr. The molecule has 0 aliphatic carbocycles. The fourth-order valence-electron chi connectivity index (χ4n) is 1.86. The second kappa shape index (κ2) is 15.0. The average Bonchev–Trinajstić information content (AvgIpc) is 2.38. The van der Waals surface area contributed by atoms with Crippen LogP contribution in [-0.2, 0) is 9.53 Å². The molecule has 0 radical (unpaired) electrons. The lowest BCUT2D eigenvalue weighted by atomic mass is 10.1. The van der Waals surface area contributed by atoms with Gasteiger partial charge in [-0.15, -0.1) is 0 Å². The first kappa shape index (κ1) is 17.9. The molecule has 0 aromatic carbocycles. The minimum Gasteiger partial charge on any atom is -0.466 e. The van der Waals surface area contributed by atoms with E-state index in [1.54, 1.807) is 0 Å². The number of unbranched alkanes of at least 4 members (excludes halogenated alkanes) is 8. The molecule has 0 aromatic heterocycles. The summed E-state index contributed by atoms with van der Waals surface area (Å²) in [5.74, 6) is -0.00835. The molecule has 0 heterocycles. The average molecular weight is 321 g/mol. The van der Waals surface area contributed by atoms with Crippen molar-refractivity contribution in [2.75, 3.05) is 11.9 Å². The van der Waals surface area contributed by atoms with Crippen LogP contribution in [0.3, 0.4) is 0 Å². The van der Waals surface area contributed by atoms with Crippen LogP contribution in [0.5, 0.6) is 0 Å². The fraction of sp³-hybridized carbons (Fsp3) is 0.933. The predicted molar refractivity (Wildman–Crippen MR) is 81.2 cm³/mol. The zero-order chi connectivity index (χ0) is 13.5. The summed E-state index contributed by atoms with van der Waals surface area (Å²) in [5.41, 5.74) is 0. The molecule has 0 amide bonds. The van der Waals surface area contributed by atoms with E-state index in [0.717, 1.165) is 24.6 Å². The Kier molecular flexibility index (Phi) is 15.0. The standard InChI is InChI=1S/C15H29BrO2/c1-2-3-4-5-6-9-12-15(17)18-14-11-8-7-10-13-16/h2-14H2,1H3. The van der Waals surface area contributed by atoms with Crippen molar-refractivity contribution in [3.05, 3.63) is 0 Å². The van der Waals surface area contributed by atoms with Gasteiger partial charge in [0.1, 0.15) is 0 Å². The number of hydrogen-bond acceptors (Lipinski definition) is 2. The van der Waals surface area contributed by atoms with Crippen LogP contribution in [0, 0.1) is 0 Å². The normalized spacial score (nSPS) is 10.6. The van der Waals surface area contributed by atoms with Gasteiger partial charge >= 0.3 is 5.97 Å². The van der Waals surface area contributed by atoms with Crippen molar-refractivity contribution in [2.45, 2.75) is 77.6 Å². The van der Waals surface area contributed by atoms with Crippen molar-refractivity contribution in [1.29, 1.82) is 0 Å². The summed E-state index contributed by atoms with van der Waals surface area (Å²) in [6, 6.07) is 0. The molecular weight excluding hydrogens is 292 g/mol. The van der Waals surface area contributed by atoms with Gasteiger partial charge in [0.2, 0.25) is 0 Å². The highest BCUT2D eigenvalue weighted by Gasteiger charge is 2.02. The van der Waals surface area contributed by atoms with Crippen LogP contribution in [0.15, 0.2) is 0 Å². The van der Waals surface area contributed by atoms with Crippen LogP contribution in [0.25, 0.3) is 0 Å². The molecule has 18 heavy (non-hydrogen) atoms. The van der Waals surface area contributed by atoms with Crippen LogP contribution >= 0.6 is 15.9 Å². The third-order valence-corrected chi connectivity index (χ3v) is 3.59. The second-order valence-electron chi connectivity index (χ2n) is 4.84. The van der Waals surface area contributed by atoms with E-state index >= 15 is 0 Å². The van der Waals surface area contributed by atoms with Gasteiger partial charge in [-0.05, 0) is 19.3 Å². The summed E-state index contributed by atoms with van der Waals surface area (Å²) in [5, 5.41) is 1.07. The van der Waals surface area contributed by atoms with Crippen molar-refractivity contribution >= 4 is 21.9 Å². The van der Waals surface area contributed by atoms with Gasteiger partial charge in [0.05, 0.1) is 6.61 Å². The van der Waals surface area contributed by atoms with Gasteiger partial charge in [0, 0.05) is 11.8 Å². The monoisotopic (exact) mass is 320 g/mol. The Labute approximate surface area is 121 Å². The topological polar surface area (TPSA) is 26.3 Å². The Morgan fingerprint density at radius 1 is 0.889 bits per heavy atom. The van der Waals surface area contributed by atoms with Crippen molar-refractivity contribution in [1.82, 2.24) is 0 Å². The van der Waals surface area contributed by atoms with E-state index in [0.29, 0.717) is 13.0 Å². The predicted octanol–water partition coefficient (Wildman–Crippen LogP) is 5.24. The number of rotatable bonds is 13. The van der Waals surface area contributed by atoms with Gasteiger partial charge in [-0.1, -0.05) is 67.8 Å². The van der Waals surface area contributed by atoms with Gasteiger partial charge in [-0.3, -0.25) is 4.79 Å². The minimum absolute atomic E-state index is 0.00835. The molecule has 0 aliphatic rings. The summed E-state index contributed by atoms with van der Waals surface area (Å²) in [7, 11) is 0. The van der Waals surface area contributed by atoms with E-state index in [1.165, 1.54) is 44.9 Å². The number of esters is 1. The van der Waals surface area contributed by atoms with Crippen molar-refractivity contribution < 1.29 is 9.53 Å². The fourth-order valence-corrected chi connectivity index (χ4v) is 2.25. The van der Waals surface area contributed by atoms with Gasteiger partial charge in [0.25, 0.3) is 0 Å². The maximum absolute atomic E-state index is 11.4. The largest absolute Gasteiger partial charge is 0.466 e. The van der Waals surface area contributed by atoms with Gasteiger partial charge in [0.15, 0.2) is 0 Å². The van der Waals surface area contributed by atoms with Gasteiger partial charge < -0.3 is 4.74 Å². The molecule has 0 atom stereocenters. The summed E-state index contributed by atoms with van der Waals surface area (Å²) in [6.45, 7) is 2.83. The Hall–Kier alpha value is -0.0500. The summed E-state index contributed by atoms with van der Waals surface area (Å²) in [4.78, 5) is 11.4. The Bertz CT molecular complexity index is 165. The molecule has 0 saturated carbocycles. The summed E-state index contributed by atoms with van der Waals surface area (Å²) < 4.78 is 5.20. The lowest BCUT2D eigenvalue weighted by Gasteiger charge is -2.04. The number of carbonyl (C=O) groups excluding carboxylic acids is 1. The molecule has 0 rings (SSSR count). The van der Waals surface area contributed by atoms with Crippen LogP contribution in [0.4, 0.5) is 0 Å². The molecule has 0 fully saturated rings. The first-order chi connectivity index (χ1) is 8.81. The van der Waals surface area contributed by atoms with Crippen LogP contribution < -0.4 is 0 Å². The molecule has 3 heteroatoms. The Morgan fingerprint density at radius 2 is 1.50 bits per heavy atom. The number of hydrogen-bond donors (Lipinski definition) is 0. The molecule has 0 bridgehead atoms. The highest BCUT2D eigenvalue weighted by Crippen LogP contribution is 2.08. The van der Waals surface area contributed by atoms with Gasteiger partial charge in [-0.2, -0.15) is 0 Å². The van der Waals surface area contributed by atoms with E-state index < -0.39 is 0 Å². The highest BCUT2D eigenvalue weighted by atomic mass is 79.9. The maximum atomic E-state index is 11.4. The van der Waals surface area contributed by atoms with Crippen LogP contribution in [-0.4, -0.2) is 17.9 Å². The smallest absolute Gasteiger partial charge is 0.305 e. The summed E-state index contributed by atoms with van der Waals surface area (Å²) in [6.07, 6.45) is 12.5. The van der Waals surface area contributed by atoms with Gasteiger partial charge in [-0.25, -0.2) is 0 Å². The third-order valence-electron chi connectivity index (χ3n) is 3.03. The van der Waals surface area contributed by atoms with Crippen molar-refractivity contribution in [2.24, 2.45) is 0 Å². The lowest BCUT2D eigenvalue weighted by Crippen LogP contribution is -2.05. The minimum atomic E-state index is -0.00835. The van der Waals surface area contributed by atoms with Crippen LogP contribution in [0.2, 0.25) is 0 Å². The molecule has 0 aliphatic heterocycles. The Balaban J connectivity index is 3.12. The zero-order valence-corrected chi connectivity index (χ0v) is 13.5. The quantitative estimate of drug-likeness (QED) is 0.263. The number of ether oxygens (including phenoxy) is 1. The number of alkyl halides is 1. The van der Waals surface area contributed by atoms with Crippen molar-refractivity contribution in [3.63, 3.8) is 0 Å². The summed E-state index contributed by atoms with van der Waals surface area (Å²) >= 11 is 3.41. The third kappa shape index (κ3) is 14.0. The first-order valence-corrected chi connectivity index (χ1v) is 8.65. The molecule has 0 N–H and O–H groups in total. The second-order valence-corrected chi connectivity index (χ2v) is 5.63. The number of carbonyl (C=O) groups is 1. The zero-order valence-electron chi connectivity index (χ0n) is 11.9. The maximum Gasteiger partial charge on any atom is 0.305 e. The molecule has 2 nitrogen and oxygen atoms in total. The first-order valence-electron chi connectivity index (χ1n) is 7.52. The molecule has 0 saturated heterocycles. The van der Waals surface area contributed by atoms with Crippen molar-refractivity contribution in [3.8, 4) is 0 Å². The Morgan fingerprint density at radius 3 is 2.22 bits per heavy atom. The van der Waals surface area contributed by atoms with E-state index in [4.69, 9.17) is 4.74 Å². The van der Waals surface area contributed by atoms with E-state index in [-0.39, 0.29) is 5.97 Å². The van der Waals surface area contributed by atoms with Crippen LogP contribution in [0.1, 0.15) is 77.6 Å². The number of halogens is 1. The lowest BCUT2D eigenvalue weighted by molar-refractivity contribution is -0.143. The molecular formula is C15H29BrO2. The molecule has 0 aromatic rings.